The van der Waals surface area contributed by atoms with Gasteiger partial charge in [-0.3, -0.25) is 0 Å². The lowest BCUT2D eigenvalue weighted by atomic mass is 9.63. The lowest BCUT2D eigenvalue weighted by Gasteiger charge is -2.41. The number of para-hydroxylation sites is 1. The Morgan fingerprint density at radius 1 is 0.393 bits per heavy atom. The molecule has 262 valence electrons. The Morgan fingerprint density at radius 3 is 1.55 bits per heavy atom. The van der Waals surface area contributed by atoms with Gasteiger partial charge in [0.25, 0.3) is 0 Å². The molecule has 0 atom stereocenters. The van der Waals surface area contributed by atoms with Crippen molar-refractivity contribution in [1.82, 2.24) is 15.0 Å². The van der Waals surface area contributed by atoms with Gasteiger partial charge in [-0.25, -0.2) is 19.8 Å². The normalized spacial score (nSPS) is 12.6. The van der Waals surface area contributed by atoms with E-state index in [9.17, 15) is 0 Å². The Hall–Kier alpha value is -7.68. The van der Waals surface area contributed by atoms with Crippen LogP contribution in [-0.4, -0.2) is 15.0 Å². The van der Waals surface area contributed by atoms with Gasteiger partial charge in [0.15, 0.2) is 23.2 Å². The highest BCUT2D eigenvalue weighted by atomic mass is 16.5. The number of rotatable bonds is 6. The molecule has 0 bridgehead atoms. The van der Waals surface area contributed by atoms with Gasteiger partial charge in [0.2, 0.25) is 0 Å². The van der Waals surface area contributed by atoms with Crippen LogP contribution in [0.2, 0.25) is 0 Å². The molecular formula is C51H32N4O. The van der Waals surface area contributed by atoms with Crippen LogP contribution in [0, 0.1) is 6.57 Å². The summed E-state index contributed by atoms with van der Waals surface area (Å²) in [6.45, 7) is 7.40. The molecule has 56 heavy (non-hydrogen) atoms. The van der Waals surface area contributed by atoms with E-state index < -0.39 is 5.41 Å². The first-order valence-electron chi connectivity index (χ1n) is 18.5. The lowest BCUT2D eigenvalue weighted by molar-refractivity contribution is 0.435. The topological polar surface area (TPSA) is 52.3 Å². The second-order valence-electron chi connectivity index (χ2n) is 13.9. The van der Waals surface area contributed by atoms with Crippen molar-refractivity contribution in [3.8, 4) is 56.8 Å². The maximum absolute atomic E-state index is 7.40. The molecule has 0 radical (unpaired) electrons. The van der Waals surface area contributed by atoms with E-state index in [4.69, 9.17) is 26.3 Å². The third kappa shape index (κ3) is 5.60. The summed E-state index contributed by atoms with van der Waals surface area (Å²) in [6, 6.07) is 66.6. The summed E-state index contributed by atoms with van der Waals surface area (Å²) in [6.07, 6.45) is 0. The minimum Gasteiger partial charge on any atom is -0.457 e. The third-order valence-corrected chi connectivity index (χ3v) is 10.7. The van der Waals surface area contributed by atoms with Crippen LogP contribution in [0.3, 0.4) is 0 Å². The van der Waals surface area contributed by atoms with Gasteiger partial charge in [0, 0.05) is 27.8 Å². The predicted octanol–water partition coefficient (Wildman–Crippen LogP) is 12.7. The van der Waals surface area contributed by atoms with Gasteiger partial charge >= 0.3 is 0 Å². The summed E-state index contributed by atoms with van der Waals surface area (Å²) >= 11 is 0. The second-order valence-corrected chi connectivity index (χ2v) is 13.9. The summed E-state index contributed by atoms with van der Waals surface area (Å²) < 4.78 is 6.74. The number of hydrogen-bond donors (Lipinski definition) is 0. The number of aromatic nitrogens is 3. The molecule has 0 aliphatic carbocycles. The van der Waals surface area contributed by atoms with Crippen LogP contribution in [0.5, 0.6) is 11.5 Å². The Kier molecular flexibility index (Phi) is 8.01. The van der Waals surface area contributed by atoms with Crippen molar-refractivity contribution in [2.24, 2.45) is 0 Å². The van der Waals surface area contributed by atoms with E-state index in [1.54, 1.807) is 12.1 Å². The first-order chi connectivity index (χ1) is 27.7. The van der Waals surface area contributed by atoms with Crippen LogP contribution in [0.4, 0.5) is 5.69 Å². The molecule has 0 fully saturated rings. The Labute approximate surface area is 325 Å². The van der Waals surface area contributed by atoms with Crippen molar-refractivity contribution in [3.05, 3.63) is 228 Å². The Morgan fingerprint density at radius 2 is 0.893 bits per heavy atom. The van der Waals surface area contributed by atoms with E-state index in [0.29, 0.717) is 23.2 Å². The first-order valence-corrected chi connectivity index (χ1v) is 18.5. The van der Waals surface area contributed by atoms with Crippen molar-refractivity contribution in [2.75, 3.05) is 0 Å². The van der Waals surface area contributed by atoms with Crippen LogP contribution in [0.1, 0.15) is 22.3 Å². The Bertz CT molecular complexity index is 2900. The van der Waals surface area contributed by atoms with E-state index in [1.165, 1.54) is 11.1 Å². The number of ether oxygens (including phenoxy) is 1. The predicted molar refractivity (Wildman–Crippen MR) is 224 cm³/mol. The maximum Gasteiger partial charge on any atom is 0.187 e. The van der Waals surface area contributed by atoms with Crippen LogP contribution < -0.4 is 4.74 Å². The van der Waals surface area contributed by atoms with E-state index in [1.807, 2.05) is 30.3 Å². The number of nitrogens with zero attached hydrogens (tertiary/aromatic N) is 4. The summed E-state index contributed by atoms with van der Waals surface area (Å²) in [5, 5.41) is 2.26. The van der Waals surface area contributed by atoms with Gasteiger partial charge in [-0.05, 0) is 51.2 Å². The molecular weight excluding hydrogens is 685 g/mol. The molecule has 0 saturated carbocycles. The molecule has 0 amide bonds. The summed E-state index contributed by atoms with van der Waals surface area (Å²) in [7, 11) is 0. The van der Waals surface area contributed by atoms with Gasteiger partial charge in [-0.2, -0.15) is 0 Å². The van der Waals surface area contributed by atoms with Crippen LogP contribution in [-0.2, 0) is 5.41 Å². The average Bonchev–Trinajstić information content (AvgIpc) is 3.28. The van der Waals surface area contributed by atoms with Gasteiger partial charge in [-0.1, -0.05) is 176 Å². The quantitative estimate of drug-likeness (QED) is 0.161. The first kappa shape index (κ1) is 32.9. The van der Waals surface area contributed by atoms with Gasteiger partial charge in [0.05, 0.1) is 12.0 Å². The molecule has 8 aromatic carbocycles. The molecule has 0 unspecified atom stereocenters. The van der Waals surface area contributed by atoms with Crippen molar-refractivity contribution in [3.63, 3.8) is 0 Å². The molecule has 5 nitrogen and oxygen atoms in total. The molecule has 1 aliphatic heterocycles. The van der Waals surface area contributed by atoms with E-state index in [-0.39, 0.29) is 0 Å². The van der Waals surface area contributed by atoms with Crippen LogP contribution in [0.25, 0.3) is 60.9 Å². The molecule has 10 rings (SSSR count). The fraction of sp³-hybridized carbons (Fsp3) is 0.0196. The van der Waals surface area contributed by atoms with Crippen molar-refractivity contribution >= 4 is 16.5 Å². The highest BCUT2D eigenvalue weighted by Crippen LogP contribution is 2.55. The zero-order chi connectivity index (χ0) is 37.5. The standard InChI is InChI=1S/C51H32N4O/c1-52-43-29-26-37(27-30-43)49-53-48(54-50(55-49)40-25-22-34-12-8-9-13-38(34)32-40)36-23-20-35(21-24-36)39-28-31-45-47(33-39)56-46-19-11-10-18-44(46)51(45,41-14-4-2-5-15-41)42-16-6-3-7-17-42/h2-33H. The summed E-state index contributed by atoms with van der Waals surface area (Å²) in [5.41, 5.74) is 9.25. The number of benzene rings is 8. The monoisotopic (exact) mass is 716 g/mol. The van der Waals surface area contributed by atoms with E-state index in [0.717, 1.165) is 61.2 Å². The van der Waals surface area contributed by atoms with Crippen molar-refractivity contribution in [1.29, 1.82) is 0 Å². The highest BCUT2D eigenvalue weighted by Gasteiger charge is 2.45. The fourth-order valence-corrected chi connectivity index (χ4v) is 7.98. The lowest BCUT2D eigenvalue weighted by Crippen LogP contribution is -2.34. The van der Waals surface area contributed by atoms with Gasteiger partial charge < -0.3 is 4.74 Å². The molecule has 5 heteroatoms. The number of fused-ring (bicyclic) bond motifs is 3. The molecule has 0 saturated heterocycles. The number of hydrogen-bond acceptors (Lipinski definition) is 4. The molecule has 1 aromatic heterocycles. The third-order valence-electron chi connectivity index (χ3n) is 10.7. The van der Waals surface area contributed by atoms with Gasteiger partial charge in [-0.15, -0.1) is 0 Å². The zero-order valence-electron chi connectivity index (χ0n) is 30.2. The molecule has 0 spiro atoms. The Balaban J connectivity index is 1.06. The van der Waals surface area contributed by atoms with E-state index >= 15 is 0 Å². The van der Waals surface area contributed by atoms with Gasteiger partial charge in [0.1, 0.15) is 11.5 Å². The fourth-order valence-electron chi connectivity index (χ4n) is 7.98. The minimum atomic E-state index is -0.565. The molecule has 0 N–H and O–H groups in total. The largest absolute Gasteiger partial charge is 0.457 e. The SMILES string of the molecule is [C-]#[N+]c1ccc(-c2nc(-c3ccc(-c4ccc5c(c4)Oc4ccccc4C5(c4ccccc4)c4ccccc4)cc3)nc(-c3ccc4ccccc4c3)n2)cc1. The smallest absolute Gasteiger partial charge is 0.187 e. The van der Waals surface area contributed by atoms with E-state index in [2.05, 4.69) is 157 Å². The summed E-state index contributed by atoms with van der Waals surface area (Å²) in [5.74, 6) is 3.37. The molecule has 2 heterocycles. The molecule has 9 aromatic rings. The second kappa shape index (κ2) is 13.6. The van der Waals surface area contributed by atoms with Crippen molar-refractivity contribution < 1.29 is 4.74 Å². The van der Waals surface area contributed by atoms with Crippen LogP contribution in [0.15, 0.2) is 194 Å². The summed E-state index contributed by atoms with van der Waals surface area (Å²) in [4.78, 5) is 18.4. The van der Waals surface area contributed by atoms with Crippen LogP contribution >= 0.6 is 0 Å². The molecule has 1 aliphatic rings. The minimum absolute atomic E-state index is 0.547. The zero-order valence-corrected chi connectivity index (χ0v) is 30.2. The maximum atomic E-state index is 7.40. The average molecular weight is 717 g/mol. The van der Waals surface area contributed by atoms with Crippen molar-refractivity contribution in [2.45, 2.75) is 5.41 Å². The highest BCUT2D eigenvalue weighted by molar-refractivity contribution is 5.87.